The van der Waals surface area contributed by atoms with Crippen LogP contribution in [-0.4, -0.2) is 46.6 Å². The van der Waals surface area contributed by atoms with Crippen LogP contribution >= 0.6 is 0 Å². The lowest BCUT2D eigenvalue weighted by atomic mass is 9.84. The van der Waals surface area contributed by atoms with Gasteiger partial charge >= 0.3 is 0 Å². The molecule has 2 aromatic carbocycles. The first kappa shape index (κ1) is 19.1. The fraction of sp³-hybridized carbons (Fsp3) is 0.346. The van der Waals surface area contributed by atoms with Gasteiger partial charge in [-0.15, -0.1) is 0 Å². The Morgan fingerprint density at radius 3 is 2.47 bits per heavy atom. The normalized spacial score (nSPS) is 20.9. The van der Waals surface area contributed by atoms with Gasteiger partial charge in [-0.1, -0.05) is 56.3 Å². The van der Waals surface area contributed by atoms with E-state index in [0.717, 1.165) is 42.6 Å². The smallest absolute Gasteiger partial charge is 0.0944 e. The average Bonchev–Trinajstić information content (AvgIpc) is 3.25. The predicted molar refractivity (Wildman–Crippen MR) is 125 cm³/mol. The van der Waals surface area contributed by atoms with Crippen molar-refractivity contribution in [3.63, 3.8) is 0 Å². The lowest BCUT2D eigenvalue weighted by Crippen LogP contribution is -2.53. The zero-order valence-electron chi connectivity index (χ0n) is 17.9. The Bertz CT molecular complexity index is 1040. The molecule has 0 N–H and O–H groups in total. The molecule has 3 aromatic rings. The molecule has 0 radical (unpaired) electrons. The summed E-state index contributed by atoms with van der Waals surface area (Å²) in [6.45, 7) is 7.78. The summed E-state index contributed by atoms with van der Waals surface area (Å²) >= 11 is 0. The van der Waals surface area contributed by atoms with Crippen molar-refractivity contribution in [2.45, 2.75) is 38.8 Å². The lowest BCUT2D eigenvalue weighted by Gasteiger charge is -2.46. The van der Waals surface area contributed by atoms with Crippen LogP contribution in [0.2, 0.25) is 0 Å². The molecule has 1 fully saturated rings. The van der Waals surface area contributed by atoms with Gasteiger partial charge in [-0.25, -0.2) is 4.98 Å². The molecule has 4 heteroatoms. The predicted octanol–water partition coefficient (Wildman–Crippen LogP) is 5.33. The van der Waals surface area contributed by atoms with Crippen molar-refractivity contribution in [3.8, 4) is 11.3 Å². The van der Waals surface area contributed by atoms with Crippen LogP contribution in [0.25, 0.3) is 22.2 Å². The third kappa shape index (κ3) is 3.56. The molecule has 1 aliphatic carbocycles. The highest BCUT2D eigenvalue weighted by Gasteiger charge is 2.36. The van der Waals surface area contributed by atoms with Crippen LogP contribution in [0.5, 0.6) is 0 Å². The van der Waals surface area contributed by atoms with Gasteiger partial charge in [0.15, 0.2) is 0 Å². The summed E-state index contributed by atoms with van der Waals surface area (Å²) in [4.78, 5) is 12.4. The second-order valence-electron chi connectivity index (χ2n) is 8.36. The first-order valence-electron chi connectivity index (χ1n) is 11.2. The van der Waals surface area contributed by atoms with Crippen LogP contribution in [0.1, 0.15) is 26.7 Å². The van der Waals surface area contributed by atoms with Crippen LogP contribution in [0, 0.1) is 0 Å². The molecule has 2 aliphatic rings. The minimum atomic E-state index is 0.667. The SMILES string of the molecule is CCN(CC)C1CC(N2C=CN(c3ccc4ccc(-c5ccccc5)nc4c3)C2)C1. The molecule has 1 aliphatic heterocycles. The molecule has 0 bridgehead atoms. The number of aromatic nitrogens is 1. The Balaban J connectivity index is 1.29. The number of nitrogens with zero attached hydrogens (tertiary/aromatic N) is 4. The van der Waals surface area contributed by atoms with Gasteiger partial charge in [0, 0.05) is 41.1 Å². The summed E-state index contributed by atoms with van der Waals surface area (Å²) in [5.41, 5.74) is 4.44. The van der Waals surface area contributed by atoms with Gasteiger partial charge < -0.3 is 14.7 Å². The number of rotatable bonds is 6. The zero-order valence-corrected chi connectivity index (χ0v) is 17.9. The van der Waals surface area contributed by atoms with E-state index in [4.69, 9.17) is 4.98 Å². The maximum atomic E-state index is 4.94. The molecule has 0 unspecified atom stereocenters. The van der Waals surface area contributed by atoms with E-state index >= 15 is 0 Å². The number of benzene rings is 2. The fourth-order valence-electron chi connectivity index (χ4n) is 4.76. The second-order valence-corrected chi connectivity index (χ2v) is 8.36. The molecule has 0 saturated heterocycles. The molecule has 154 valence electrons. The molecule has 1 aromatic heterocycles. The van der Waals surface area contributed by atoms with Gasteiger partial charge in [0.2, 0.25) is 0 Å². The topological polar surface area (TPSA) is 22.6 Å². The van der Waals surface area contributed by atoms with Crippen molar-refractivity contribution in [3.05, 3.63) is 73.1 Å². The van der Waals surface area contributed by atoms with E-state index in [9.17, 15) is 0 Å². The Kier molecular flexibility index (Phi) is 5.17. The van der Waals surface area contributed by atoms with E-state index in [1.807, 2.05) is 6.07 Å². The standard InChI is InChI=1S/C26H30N4/c1-3-28(4-2)23-16-24(17-23)30-15-14-29(19-30)22-12-10-21-11-13-25(27-26(21)18-22)20-8-6-5-7-9-20/h5-15,18,23-24H,3-4,16-17,19H2,1-2H3. The minimum absolute atomic E-state index is 0.667. The van der Waals surface area contributed by atoms with Crippen LogP contribution < -0.4 is 4.90 Å². The van der Waals surface area contributed by atoms with Gasteiger partial charge in [-0.05, 0) is 44.1 Å². The lowest BCUT2D eigenvalue weighted by molar-refractivity contribution is 0.0618. The Morgan fingerprint density at radius 1 is 0.933 bits per heavy atom. The summed E-state index contributed by atoms with van der Waals surface area (Å²) < 4.78 is 0. The largest absolute Gasteiger partial charge is 0.355 e. The molecule has 5 rings (SSSR count). The highest BCUT2D eigenvalue weighted by atomic mass is 15.4. The van der Waals surface area contributed by atoms with E-state index in [1.165, 1.54) is 23.9 Å². The second kappa shape index (κ2) is 8.11. The summed E-state index contributed by atoms with van der Waals surface area (Å²) in [7, 11) is 0. The number of hydrogen-bond donors (Lipinski definition) is 0. The highest BCUT2D eigenvalue weighted by molar-refractivity contribution is 5.85. The van der Waals surface area contributed by atoms with Crippen LogP contribution in [0.3, 0.4) is 0 Å². The van der Waals surface area contributed by atoms with Crippen molar-refractivity contribution < 1.29 is 0 Å². The third-order valence-electron chi connectivity index (χ3n) is 6.72. The van der Waals surface area contributed by atoms with Gasteiger partial charge in [0.05, 0.1) is 17.9 Å². The number of hydrogen-bond acceptors (Lipinski definition) is 4. The van der Waals surface area contributed by atoms with Gasteiger partial charge in [-0.3, -0.25) is 0 Å². The molecule has 0 amide bonds. The van der Waals surface area contributed by atoms with Crippen molar-refractivity contribution in [2.24, 2.45) is 0 Å². The van der Waals surface area contributed by atoms with E-state index in [1.54, 1.807) is 0 Å². The third-order valence-corrected chi connectivity index (χ3v) is 6.72. The maximum absolute atomic E-state index is 4.94. The van der Waals surface area contributed by atoms with Crippen LogP contribution in [-0.2, 0) is 0 Å². The van der Waals surface area contributed by atoms with Crippen molar-refractivity contribution >= 4 is 16.6 Å². The van der Waals surface area contributed by atoms with Gasteiger partial charge in [0.1, 0.15) is 0 Å². The van der Waals surface area contributed by atoms with Gasteiger partial charge in [0.25, 0.3) is 0 Å². The number of anilines is 1. The van der Waals surface area contributed by atoms with E-state index in [-0.39, 0.29) is 0 Å². The molecule has 1 saturated carbocycles. The quantitative estimate of drug-likeness (QED) is 0.560. The molecular weight excluding hydrogens is 368 g/mol. The maximum Gasteiger partial charge on any atom is 0.0944 e. The minimum Gasteiger partial charge on any atom is -0.355 e. The zero-order chi connectivity index (χ0) is 20.5. The Morgan fingerprint density at radius 2 is 1.70 bits per heavy atom. The van der Waals surface area contributed by atoms with E-state index in [2.05, 4.69) is 95.5 Å². The van der Waals surface area contributed by atoms with Crippen LogP contribution in [0.4, 0.5) is 5.69 Å². The average molecular weight is 399 g/mol. The number of fused-ring (bicyclic) bond motifs is 1. The summed E-state index contributed by atoms with van der Waals surface area (Å²) in [6.07, 6.45) is 7.03. The molecule has 30 heavy (non-hydrogen) atoms. The Labute approximate surface area is 179 Å². The van der Waals surface area contributed by atoms with Crippen molar-refractivity contribution in [2.75, 3.05) is 24.7 Å². The van der Waals surface area contributed by atoms with E-state index < -0.39 is 0 Å². The number of pyridine rings is 1. The Hall–Kier alpha value is -2.85. The molecular formula is C26H30N4. The summed E-state index contributed by atoms with van der Waals surface area (Å²) in [5, 5.41) is 1.18. The first-order chi connectivity index (χ1) is 14.7. The fourth-order valence-corrected chi connectivity index (χ4v) is 4.76. The van der Waals surface area contributed by atoms with Crippen molar-refractivity contribution in [1.82, 2.24) is 14.8 Å². The first-order valence-corrected chi connectivity index (χ1v) is 11.2. The van der Waals surface area contributed by atoms with Crippen LogP contribution in [0.15, 0.2) is 73.1 Å². The highest BCUT2D eigenvalue weighted by Crippen LogP contribution is 2.33. The molecule has 0 spiro atoms. The van der Waals surface area contributed by atoms with Crippen molar-refractivity contribution in [1.29, 1.82) is 0 Å². The molecule has 4 nitrogen and oxygen atoms in total. The summed E-state index contributed by atoms with van der Waals surface area (Å²) in [5.74, 6) is 0. The summed E-state index contributed by atoms with van der Waals surface area (Å²) in [6, 6.07) is 22.7. The molecule has 0 atom stereocenters. The molecule has 2 heterocycles. The monoisotopic (exact) mass is 398 g/mol. The van der Waals surface area contributed by atoms with E-state index in [0.29, 0.717) is 6.04 Å². The van der Waals surface area contributed by atoms with Gasteiger partial charge in [-0.2, -0.15) is 0 Å².